The summed E-state index contributed by atoms with van der Waals surface area (Å²) in [6.07, 6.45) is 1.09. The summed E-state index contributed by atoms with van der Waals surface area (Å²) in [4.78, 5) is 34.6. The Balaban J connectivity index is 2.53. The Morgan fingerprint density at radius 2 is 2.12 bits per heavy atom. The van der Waals surface area contributed by atoms with Crippen LogP contribution in [0.25, 0.3) is 0 Å². The molecule has 1 rings (SSSR count). The van der Waals surface area contributed by atoms with E-state index in [-0.39, 0.29) is 24.8 Å². The van der Waals surface area contributed by atoms with Crippen molar-refractivity contribution >= 4 is 17.8 Å². The molecule has 1 fully saturated rings. The minimum absolute atomic E-state index is 0.0626. The molecule has 0 aliphatic carbocycles. The highest BCUT2D eigenvalue weighted by molar-refractivity contribution is 5.94. The molecule has 1 aliphatic heterocycles. The van der Waals surface area contributed by atoms with Gasteiger partial charge < -0.3 is 14.7 Å². The van der Waals surface area contributed by atoms with Crippen LogP contribution in [0.5, 0.6) is 0 Å². The molecule has 1 N–H and O–H groups in total. The van der Waals surface area contributed by atoms with Crippen LogP contribution in [0.2, 0.25) is 0 Å². The van der Waals surface area contributed by atoms with Crippen LogP contribution in [0.4, 0.5) is 0 Å². The molecule has 6 heteroatoms. The number of methoxy groups -OCH3 is 1. The Bertz CT molecular complexity index is 302. The molecule has 1 aliphatic rings. The van der Waals surface area contributed by atoms with E-state index in [2.05, 4.69) is 4.74 Å². The van der Waals surface area contributed by atoms with Crippen molar-refractivity contribution in [2.45, 2.75) is 31.7 Å². The first-order valence-electron chi connectivity index (χ1n) is 5.12. The lowest BCUT2D eigenvalue weighted by Gasteiger charge is -2.22. The van der Waals surface area contributed by atoms with Crippen molar-refractivity contribution in [1.82, 2.24) is 4.90 Å². The van der Waals surface area contributed by atoms with Crippen molar-refractivity contribution in [1.29, 1.82) is 0 Å². The van der Waals surface area contributed by atoms with Gasteiger partial charge in [0.15, 0.2) is 0 Å². The highest BCUT2D eigenvalue weighted by Crippen LogP contribution is 2.20. The van der Waals surface area contributed by atoms with Crippen molar-refractivity contribution in [3.8, 4) is 0 Å². The highest BCUT2D eigenvalue weighted by Gasteiger charge is 2.31. The highest BCUT2D eigenvalue weighted by atomic mass is 16.5. The van der Waals surface area contributed by atoms with Crippen LogP contribution in [-0.2, 0) is 19.1 Å². The second-order valence-electron chi connectivity index (χ2n) is 3.73. The molecular formula is C10H15NO5. The molecule has 0 saturated carbocycles. The van der Waals surface area contributed by atoms with Gasteiger partial charge in [-0.2, -0.15) is 0 Å². The average molecular weight is 229 g/mol. The van der Waals surface area contributed by atoms with Gasteiger partial charge in [0.05, 0.1) is 13.5 Å². The number of esters is 1. The summed E-state index contributed by atoms with van der Waals surface area (Å²) in [6, 6.07) is -0.283. The molecular weight excluding hydrogens is 214 g/mol. The molecule has 0 bridgehead atoms. The number of likely N-dealkylation sites (tertiary alicyclic amines) is 1. The van der Waals surface area contributed by atoms with Crippen molar-refractivity contribution in [3.63, 3.8) is 0 Å². The SMILES string of the molecule is COC(=O)CC(=O)N1CCC[C@H]1CC(=O)O. The second-order valence-corrected chi connectivity index (χ2v) is 3.73. The number of carboxylic acid groups (broad SMARTS) is 1. The number of hydrogen-bond donors (Lipinski definition) is 1. The van der Waals surface area contributed by atoms with Gasteiger partial charge in [0.2, 0.25) is 5.91 Å². The van der Waals surface area contributed by atoms with E-state index >= 15 is 0 Å². The van der Waals surface area contributed by atoms with E-state index in [1.807, 2.05) is 0 Å². The molecule has 90 valence electrons. The predicted octanol–water partition coefficient (Wildman–Crippen LogP) is 0.0152. The van der Waals surface area contributed by atoms with Gasteiger partial charge in [0, 0.05) is 12.6 Å². The molecule has 1 saturated heterocycles. The lowest BCUT2D eigenvalue weighted by Crippen LogP contribution is -2.37. The van der Waals surface area contributed by atoms with Gasteiger partial charge in [-0.15, -0.1) is 0 Å². The van der Waals surface area contributed by atoms with Crippen molar-refractivity contribution in [2.24, 2.45) is 0 Å². The van der Waals surface area contributed by atoms with Crippen LogP contribution in [-0.4, -0.2) is 47.5 Å². The zero-order chi connectivity index (χ0) is 12.1. The molecule has 0 radical (unpaired) electrons. The van der Waals surface area contributed by atoms with Crippen molar-refractivity contribution in [2.75, 3.05) is 13.7 Å². The number of aliphatic carboxylic acids is 1. The van der Waals surface area contributed by atoms with Gasteiger partial charge in [-0.1, -0.05) is 0 Å². The van der Waals surface area contributed by atoms with Crippen LogP contribution in [0.15, 0.2) is 0 Å². The molecule has 0 spiro atoms. The normalized spacial score (nSPS) is 19.6. The van der Waals surface area contributed by atoms with Crippen molar-refractivity contribution in [3.05, 3.63) is 0 Å². The molecule has 0 unspecified atom stereocenters. The zero-order valence-electron chi connectivity index (χ0n) is 9.14. The van der Waals surface area contributed by atoms with Crippen LogP contribution in [0, 0.1) is 0 Å². The summed E-state index contributed by atoms with van der Waals surface area (Å²) in [6.45, 7) is 0.522. The molecule has 0 aromatic heterocycles. The van der Waals surface area contributed by atoms with Crippen LogP contribution < -0.4 is 0 Å². The Kier molecular flexibility index (Phi) is 4.28. The van der Waals surface area contributed by atoms with Crippen LogP contribution in [0.1, 0.15) is 25.7 Å². The molecule has 6 nitrogen and oxygen atoms in total. The van der Waals surface area contributed by atoms with Gasteiger partial charge in [-0.3, -0.25) is 14.4 Å². The van der Waals surface area contributed by atoms with E-state index in [0.29, 0.717) is 13.0 Å². The predicted molar refractivity (Wildman–Crippen MR) is 53.6 cm³/mol. The number of nitrogens with zero attached hydrogens (tertiary/aromatic N) is 1. The zero-order valence-corrected chi connectivity index (χ0v) is 9.14. The number of ether oxygens (including phenoxy) is 1. The maximum Gasteiger partial charge on any atom is 0.315 e. The van der Waals surface area contributed by atoms with E-state index in [1.54, 1.807) is 0 Å². The smallest absolute Gasteiger partial charge is 0.315 e. The van der Waals surface area contributed by atoms with Gasteiger partial charge in [-0.05, 0) is 12.8 Å². The fraction of sp³-hybridized carbons (Fsp3) is 0.700. The third-order valence-corrected chi connectivity index (χ3v) is 2.63. The van der Waals surface area contributed by atoms with E-state index in [0.717, 1.165) is 6.42 Å². The minimum atomic E-state index is -0.928. The van der Waals surface area contributed by atoms with E-state index in [1.165, 1.54) is 12.0 Å². The number of carbonyl (C=O) groups excluding carboxylic acids is 2. The standard InChI is InChI=1S/C10H15NO5/c1-16-10(15)6-8(12)11-4-2-3-7(11)5-9(13)14/h7H,2-6H2,1H3,(H,13,14)/t7-/m0/s1. The van der Waals surface area contributed by atoms with E-state index in [9.17, 15) is 14.4 Å². The van der Waals surface area contributed by atoms with Crippen LogP contribution in [0.3, 0.4) is 0 Å². The summed E-state index contributed by atoms with van der Waals surface area (Å²) < 4.78 is 4.39. The lowest BCUT2D eigenvalue weighted by molar-refractivity contribution is -0.147. The lowest BCUT2D eigenvalue weighted by atomic mass is 10.1. The number of carbonyl (C=O) groups is 3. The average Bonchev–Trinajstić information content (AvgIpc) is 2.64. The Labute approximate surface area is 93.2 Å². The Morgan fingerprint density at radius 3 is 2.69 bits per heavy atom. The van der Waals surface area contributed by atoms with Gasteiger partial charge in [0.1, 0.15) is 6.42 Å². The monoisotopic (exact) mass is 229 g/mol. The van der Waals surface area contributed by atoms with Gasteiger partial charge in [0.25, 0.3) is 0 Å². The minimum Gasteiger partial charge on any atom is -0.481 e. The largest absolute Gasteiger partial charge is 0.481 e. The maximum atomic E-state index is 11.6. The number of carboxylic acids is 1. The third kappa shape index (κ3) is 3.22. The fourth-order valence-electron chi connectivity index (χ4n) is 1.88. The van der Waals surface area contributed by atoms with Crippen LogP contribution >= 0.6 is 0 Å². The first-order chi connectivity index (χ1) is 7.54. The first-order valence-corrected chi connectivity index (χ1v) is 5.12. The maximum absolute atomic E-state index is 11.6. The molecule has 1 amide bonds. The second kappa shape index (κ2) is 5.48. The van der Waals surface area contributed by atoms with Gasteiger partial charge in [-0.25, -0.2) is 0 Å². The molecule has 0 aromatic rings. The summed E-state index contributed by atoms with van der Waals surface area (Å²) >= 11 is 0. The molecule has 1 heterocycles. The molecule has 1 atom stereocenters. The summed E-state index contributed by atoms with van der Waals surface area (Å²) in [5.74, 6) is -1.87. The number of rotatable bonds is 4. The fourth-order valence-corrected chi connectivity index (χ4v) is 1.88. The summed E-state index contributed by atoms with van der Waals surface area (Å²) in [5.41, 5.74) is 0. The Hall–Kier alpha value is -1.59. The van der Waals surface area contributed by atoms with E-state index < -0.39 is 11.9 Å². The number of hydrogen-bond acceptors (Lipinski definition) is 4. The summed E-state index contributed by atoms with van der Waals surface area (Å²) in [7, 11) is 1.22. The van der Waals surface area contributed by atoms with Crippen molar-refractivity contribution < 1.29 is 24.2 Å². The molecule has 16 heavy (non-hydrogen) atoms. The summed E-state index contributed by atoms with van der Waals surface area (Å²) in [5, 5.41) is 8.67. The quantitative estimate of drug-likeness (QED) is 0.542. The molecule has 0 aromatic carbocycles. The first kappa shape index (κ1) is 12.5. The third-order valence-electron chi connectivity index (χ3n) is 2.63. The van der Waals surface area contributed by atoms with Gasteiger partial charge >= 0.3 is 11.9 Å². The van der Waals surface area contributed by atoms with E-state index in [4.69, 9.17) is 5.11 Å². The Morgan fingerprint density at radius 1 is 1.44 bits per heavy atom. The topological polar surface area (TPSA) is 83.9 Å². The number of amides is 1.